The Bertz CT molecular complexity index is 320. The van der Waals surface area contributed by atoms with Gasteiger partial charge >= 0.3 is 6.61 Å². The van der Waals surface area contributed by atoms with Crippen LogP contribution in [0.3, 0.4) is 0 Å². The first kappa shape index (κ1) is 13.0. The molecule has 0 unspecified atom stereocenters. The van der Waals surface area contributed by atoms with Gasteiger partial charge in [0.15, 0.2) is 0 Å². The fraction of sp³-hybridized carbons (Fsp3) is 0.400. The summed E-state index contributed by atoms with van der Waals surface area (Å²) in [4.78, 5) is 0. The number of rotatable bonds is 5. The predicted molar refractivity (Wildman–Crippen MR) is 64.8 cm³/mol. The third kappa shape index (κ3) is 4.10. The van der Waals surface area contributed by atoms with Gasteiger partial charge in [0, 0.05) is 15.0 Å². The summed E-state index contributed by atoms with van der Waals surface area (Å²) in [6.07, 6.45) is 1.41. The fourth-order valence-electron chi connectivity index (χ4n) is 1.23. The maximum atomic E-state index is 12.1. The van der Waals surface area contributed by atoms with Crippen LogP contribution in [-0.2, 0) is 6.42 Å². The molecule has 15 heavy (non-hydrogen) atoms. The molecule has 0 heterocycles. The van der Waals surface area contributed by atoms with Gasteiger partial charge in [-0.1, -0.05) is 6.07 Å². The Hall–Kier alpha value is -0.100. The Morgan fingerprint density at radius 2 is 2.13 bits per heavy atom. The Morgan fingerprint density at radius 3 is 2.73 bits per heavy atom. The number of halogens is 4. The maximum Gasteiger partial charge on any atom is 0.387 e. The molecule has 0 aliphatic heterocycles. The summed E-state index contributed by atoms with van der Waals surface area (Å²) in [5.41, 5.74) is 0.805. The van der Waals surface area contributed by atoms with Crippen LogP contribution in [0.5, 0.6) is 5.75 Å². The third-order valence-corrected chi connectivity index (χ3v) is 3.13. The van der Waals surface area contributed by atoms with E-state index in [0.29, 0.717) is 12.3 Å². The number of ether oxygens (including phenoxy) is 1. The van der Waals surface area contributed by atoms with E-state index in [9.17, 15) is 8.78 Å². The molecule has 5 heteroatoms. The highest BCUT2D eigenvalue weighted by atomic mass is 127. The van der Waals surface area contributed by atoms with Crippen molar-refractivity contribution in [2.24, 2.45) is 0 Å². The second kappa shape index (κ2) is 6.48. The van der Waals surface area contributed by atoms with Crippen molar-refractivity contribution in [3.63, 3.8) is 0 Å². The van der Waals surface area contributed by atoms with E-state index in [2.05, 4.69) is 27.3 Å². The molecule has 0 fully saturated rings. The normalized spacial score (nSPS) is 10.7. The van der Waals surface area contributed by atoms with E-state index >= 15 is 0 Å². The van der Waals surface area contributed by atoms with Crippen LogP contribution in [0.25, 0.3) is 0 Å². The predicted octanol–water partition coefficient (Wildman–Crippen LogP) is 4.06. The molecule has 1 nitrogen and oxygen atoms in total. The summed E-state index contributed by atoms with van der Waals surface area (Å²) in [5.74, 6) is 0.765. The molecule has 1 aromatic carbocycles. The molecule has 0 aliphatic rings. The van der Waals surface area contributed by atoms with E-state index < -0.39 is 6.61 Å². The van der Waals surface area contributed by atoms with Crippen LogP contribution >= 0.6 is 34.2 Å². The van der Waals surface area contributed by atoms with Crippen molar-refractivity contribution < 1.29 is 13.5 Å². The van der Waals surface area contributed by atoms with Crippen LogP contribution in [0.1, 0.15) is 12.0 Å². The molecule has 0 aliphatic carbocycles. The number of benzene rings is 1. The molecule has 0 bridgehead atoms. The molecule has 0 amide bonds. The van der Waals surface area contributed by atoms with E-state index in [1.54, 1.807) is 12.1 Å². The maximum absolute atomic E-state index is 12.1. The van der Waals surface area contributed by atoms with Gasteiger partial charge < -0.3 is 4.74 Å². The average Bonchev–Trinajstić information content (AvgIpc) is 2.16. The minimum Gasteiger partial charge on any atom is -0.435 e. The summed E-state index contributed by atoms with van der Waals surface area (Å²) in [6, 6.07) is 5.12. The van der Waals surface area contributed by atoms with Gasteiger partial charge in [0.25, 0.3) is 0 Å². The molecule has 0 saturated heterocycles. The fourth-order valence-corrected chi connectivity index (χ4v) is 2.11. The quantitative estimate of drug-likeness (QED) is 0.577. The number of hydrogen-bond acceptors (Lipinski definition) is 1. The van der Waals surface area contributed by atoms with Gasteiger partial charge in [0.1, 0.15) is 5.75 Å². The van der Waals surface area contributed by atoms with E-state index in [4.69, 9.17) is 11.6 Å². The molecule has 1 rings (SSSR count). The highest BCUT2D eigenvalue weighted by Crippen LogP contribution is 2.26. The van der Waals surface area contributed by atoms with Crippen LogP contribution in [0.2, 0.25) is 0 Å². The monoisotopic (exact) mass is 346 g/mol. The van der Waals surface area contributed by atoms with Gasteiger partial charge in [-0.2, -0.15) is 8.78 Å². The Morgan fingerprint density at radius 1 is 1.40 bits per heavy atom. The van der Waals surface area contributed by atoms with Crippen molar-refractivity contribution in [3.05, 3.63) is 27.3 Å². The smallest absolute Gasteiger partial charge is 0.387 e. The highest BCUT2D eigenvalue weighted by molar-refractivity contribution is 14.1. The summed E-state index contributed by atoms with van der Waals surface area (Å²) >= 11 is 7.67. The SMILES string of the molecule is FC(F)Oc1cccc(I)c1CCCCl. The van der Waals surface area contributed by atoms with Gasteiger partial charge in [-0.25, -0.2) is 0 Å². The lowest BCUT2D eigenvalue weighted by Crippen LogP contribution is -2.05. The van der Waals surface area contributed by atoms with Gasteiger partial charge in [-0.05, 0) is 47.6 Å². The van der Waals surface area contributed by atoms with Crippen molar-refractivity contribution in [2.45, 2.75) is 19.5 Å². The molecule has 0 atom stereocenters. The van der Waals surface area contributed by atoms with Gasteiger partial charge in [-0.15, -0.1) is 11.6 Å². The van der Waals surface area contributed by atoms with Gasteiger partial charge in [-0.3, -0.25) is 0 Å². The van der Waals surface area contributed by atoms with Gasteiger partial charge in [0.05, 0.1) is 0 Å². The Balaban J connectivity index is 2.87. The minimum absolute atomic E-state index is 0.252. The summed E-state index contributed by atoms with van der Waals surface area (Å²) in [6.45, 7) is -2.78. The average molecular weight is 347 g/mol. The van der Waals surface area contributed by atoms with Crippen molar-refractivity contribution in [1.82, 2.24) is 0 Å². The topological polar surface area (TPSA) is 9.23 Å². The van der Waals surface area contributed by atoms with Crippen LogP contribution in [0.15, 0.2) is 18.2 Å². The first-order valence-corrected chi connectivity index (χ1v) is 6.04. The molecule has 84 valence electrons. The lowest BCUT2D eigenvalue weighted by atomic mass is 10.1. The molecular weight excluding hydrogens is 336 g/mol. The minimum atomic E-state index is -2.78. The van der Waals surface area contributed by atoms with Crippen LogP contribution in [0, 0.1) is 3.57 Å². The third-order valence-electron chi connectivity index (χ3n) is 1.85. The first-order valence-electron chi connectivity index (χ1n) is 4.43. The van der Waals surface area contributed by atoms with Crippen molar-refractivity contribution in [2.75, 3.05) is 5.88 Å². The Labute approximate surface area is 106 Å². The Kier molecular flexibility index (Phi) is 5.60. The summed E-state index contributed by atoms with van der Waals surface area (Å²) in [7, 11) is 0. The van der Waals surface area contributed by atoms with Crippen LogP contribution < -0.4 is 4.74 Å². The van der Waals surface area contributed by atoms with E-state index in [1.807, 2.05) is 6.07 Å². The lowest BCUT2D eigenvalue weighted by Gasteiger charge is -2.11. The highest BCUT2D eigenvalue weighted by Gasteiger charge is 2.11. The second-order valence-electron chi connectivity index (χ2n) is 2.89. The van der Waals surface area contributed by atoms with Crippen molar-refractivity contribution in [3.8, 4) is 5.75 Å². The lowest BCUT2D eigenvalue weighted by molar-refractivity contribution is -0.0505. The molecule has 0 aromatic heterocycles. The molecule has 0 saturated carbocycles. The molecule has 1 aromatic rings. The number of alkyl halides is 3. The zero-order valence-corrected chi connectivity index (χ0v) is 10.8. The molecular formula is C10H10ClF2IO. The standard InChI is InChI=1S/C10H10ClF2IO/c11-6-2-3-7-8(14)4-1-5-9(7)15-10(12)13/h1,4-5,10H,2-3,6H2. The van der Waals surface area contributed by atoms with Gasteiger partial charge in [0.2, 0.25) is 0 Å². The number of hydrogen-bond donors (Lipinski definition) is 0. The molecule has 0 radical (unpaired) electrons. The summed E-state index contributed by atoms with van der Waals surface area (Å²) < 4.78 is 29.6. The van der Waals surface area contributed by atoms with Crippen LogP contribution in [-0.4, -0.2) is 12.5 Å². The van der Waals surface area contributed by atoms with Crippen molar-refractivity contribution in [1.29, 1.82) is 0 Å². The zero-order valence-electron chi connectivity index (χ0n) is 7.85. The zero-order chi connectivity index (χ0) is 11.3. The summed E-state index contributed by atoms with van der Waals surface area (Å²) in [5, 5.41) is 0. The van der Waals surface area contributed by atoms with Crippen LogP contribution in [0.4, 0.5) is 8.78 Å². The molecule has 0 N–H and O–H groups in total. The first-order chi connectivity index (χ1) is 7.15. The van der Waals surface area contributed by atoms with E-state index in [0.717, 1.165) is 15.6 Å². The largest absolute Gasteiger partial charge is 0.435 e. The molecule has 0 spiro atoms. The van der Waals surface area contributed by atoms with E-state index in [-0.39, 0.29) is 5.75 Å². The second-order valence-corrected chi connectivity index (χ2v) is 4.43. The van der Waals surface area contributed by atoms with E-state index in [1.165, 1.54) is 0 Å². The van der Waals surface area contributed by atoms with Crippen molar-refractivity contribution >= 4 is 34.2 Å².